The largest absolute Gasteiger partial charge is 0.471 e. The third kappa shape index (κ3) is 3.69. The molecule has 2 saturated heterocycles. The number of hydrogen-bond donors (Lipinski definition) is 0. The minimum Gasteiger partial charge on any atom is -0.337 e. The third-order valence-corrected chi connectivity index (χ3v) is 5.15. The lowest BCUT2D eigenvalue weighted by Gasteiger charge is -2.25. The number of nitrogens with zero attached hydrogens (tertiary/aromatic N) is 4. The van der Waals surface area contributed by atoms with Gasteiger partial charge in [-0.15, -0.1) is 0 Å². The molecular formula is C18H19F3N4O2. The van der Waals surface area contributed by atoms with Gasteiger partial charge in [-0.3, -0.25) is 9.69 Å². The molecule has 3 heterocycles. The first-order chi connectivity index (χ1) is 12.9. The summed E-state index contributed by atoms with van der Waals surface area (Å²) >= 11 is 0. The second-order valence-corrected chi connectivity index (χ2v) is 6.93. The summed E-state index contributed by atoms with van der Waals surface area (Å²) in [5.41, 5.74) is 0.869. The first-order valence-electron chi connectivity index (χ1n) is 8.96. The Bertz CT molecular complexity index is 819. The Morgan fingerprint density at radius 2 is 1.85 bits per heavy atom. The van der Waals surface area contributed by atoms with Gasteiger partial charge in [-0.2, -0.15) is 18.2 Å². The fourth-order valence-electron chi connectivity index (χ4n) is 3.79. The summed E-state index contributed by atoms with van der Waals surface area (Å²) in [5, 5.41) is 3.36. The number of alkyl halides is 3. The molecule has 2 aliphatic rings. The normalized spacial score (nSPS) is 21.1. The van der Waals surface area contributed by atoms with Gasteiger partial charge in [0.1, 0.15) is 0 Å². The molecule has 0 spiro atoms. The number of carbonyl (C=O) groups excluding carboxylic acids is 1. The molecule has 2 fully saturated rings. The molecule has 2 aliphatic heterocycles. The number of hydrogen-bond acceptors (Lipinski definition) is 5. The molecule has 1 unspecified atom stereocenters. The van der Waals surface area contributed by atoms with Gasteiger partial charge in [0.15, 0.2) is 0 Å². The Labute approximate surface area is 153 Å². The van der Waals surface area contributed by atoms with Crippen molar-refractivity contribution < 1.29 is 22.5 Å². The maximum Gasteiger partial charge on any atom is 0.471 e. The zero-order valence-electron chi connectivity index (χ0n) is 14.6. The van der Waals surface area contributed by atoms with Crippen LogP contribution in [0.4, 0.5) is 13.2 Å². The molecule has 0 saturated carbocycles. The smallest absolute Gasteiger partial charge is 0.337 e. The molecular weight excluding hydrogens is 361 g/mol. The highest BCUT2D eigenvalue weighted by atomic mass is 19.4. The van der Waals surface area contributed by atoms with Crippen molar-refractivity contribution in [1.29, 1.82) is 0 Å². The molecule has 27 heavy (non-hydrogen) atoms. The van der Waals surface area contributed by atoms with Crippen LogP contribution < -0.4 is 0 Å². The van der Waals surface area contributed by atoms with Crippen molar-refractivity contribution >= 4 is 5.91 Å². The Balaban J connectivity index is 1.48. The summed E-state index contributed by atoms with van der Waals surface area (Å²) in [6, 6.07) is 6.70. The molecule has 1 atom stereocenters. The van der Waals surface area contributed by atoms with E-state index in [0.717, 1.165) is 32.5 Å². The number of amides is 1. The van der Waals surface area contributed by atoms with Gasteiger partial charge in [0.2, 0.25) is 5.82 Å². The van der Waals surface area contributed by atoms with Gasteiger partial charge in [-0.05, 0) is 37.9 Å². The van der Waals surface area contributed by atoms with E-state index in [4.69, 9.17) is 0 Å². The van der Waals surface area contributed by atoms with E-state index >= 15 is 0 Å². The van der Waals surface area contributed by atoms with Crippen molar-refractivity contribution in [2.45, 2.75) is 31.5 Å². The molecule has 6 nitrogen and oxygen atoms in total. The minimum absolute atomic E-state index is 0.0561. The Kier molecular flexibility index (Phi) is 4.63. The van der Waals surface area contributed by atoms with Crippen molar-refractivity contribution in [1.82, 2.24) is 19.9 Å². The van der Waals surface area contributed by atoms with Crippen LogP contribution in [-0.4, -0.2) is 58.1 Å². The predicted octanol–water partition coefficient (Wildman–Crippen LogP) is 3.07. The van der Waals surface area contributed by atoms with Crippen LogP contribution in [0.15, 0.2) is 28.8 Å². The third-order valence-electron chi connectivity index (χ3n) is 5.15. The minimum atomic E-state index is -4.68. The number of halogens is 3. The average Bonchev–Trinajstić information content (AvgIpc) is 3.27. The van der Waals surface area contributed by atoms with Crippen molar-refractivity contribution in [3.8, 4) is 11.4 Å². The molecule has 0 N–H and O–H groups in total. The van der Waals surface area contributed by atoms with E-state index in [2.05, 4.69) is 19.6 Å². The molecule has 0 radical (unpaired) electrons. The highest BCUT2D eigenvalue weighted by Gasteiger charge is 2.38. The van der Waals surface area contributed by atoms with Gasteiger partial charge in [0.05, 0.1) is 0 Å². The Morgan fingerprint density at radius 1 is 1.11 bits per heavy atom. The second kappa shape index (κ2) is 6.95. The van der Waals surface area contributed by atoms with Crippen LogP contribution in [0.2, 0.25) is 0 Å². The van der Waals surface area contributed by atoms with E-state index < -0.39 is 12.1 Å². The maximum atomic E-state index is 12.8. The quantitative estimate of drug-likeness (QED) is 0.801. The van der Waals surface area contributed by atoms with Gasteiger partial charge in [-0.25, -0.2) is 0 Å². The summed E-state index contributed by atoms with van der Waals surface area (Å²) in [6.07, 6.45) is -1.44. The monoisotopic (exact) mass is 380 g/mol. The van der Waals surface area contributed by atoms with Crippen molar-refractivity contribution in [2.75, 3.05) is 26.2 Å². The van der Waals surface area contributed by atoms with Gasteiger partial charge >= 0.3 is 12.1 Å². The van der Waals surface area contributed by atoms with E-state index in [1.807, 2.05) is 4.90 Å². The van der Waals surface area contributed by atoms with E-state index in [0.29, 0.717) is 23.7 Å². The van der Waals surface area contributed by atoms with Crippen LogP contribution in [0.3, 0.4) is 0 Å². The summed E-state index contributed by atoms with van der Waals surface area (Å²) in [6.45, 7) is 3.56. The summed E-state index contributed by atoms with van der Waals surface area (Å²) in [7, 11) is 0. The summed E-state index contributed by atoms with van der Waals surface area (Å²) in [5.74, 6) is -1.60. The fourth-order valence-corrected chi connectivity index (χ4v) is 3.79. The van der Waals surface area contributed by atoms with Crippen LogP contribution in [0.5, 0.6) is 0 Å². The van der Waals surface area contributed by atoms with Gasteiger partial charge in [0, 0.05) is 36.8 Å². The van der Waals surface area contributed by atoms with E-state index in [-0.39, 0.29) is 11.7 Å². The van der Waals surface area contributed by atoms with Crippen molar-refractivity contribution in [2.24, 2.45) is 0 Å². The standard InChI is InChI=1S/C18H19F3N4O2/c19-18(20,21)17-22-15(23-27-17)12-4-6-13(7-5-12)16(26)25-10-2-9-24-8-1-3-14(24)11-25/h4-7,14H,1-3,8-11H2. The number of benzene rings is 1. The van der Waals surface area contributed by atoms with Crippen molar-refractivity contribution in [3.05, 3.63) is 35.7 Å². The van der Waals surface area contributed by atoms with E-state index in [1.165, 1.54) is 18.6 Å². The SMILES string of the molecule is O=C(c1ccc(-c2noc(C(F)(F)F)n2)cc1)N1CCCN2CCCC2C1. The van der Waals surface area contributed by atoms with Gasteiger partial charge in [-0.1, -0.05) is 17.3 Å². The maximum absolute atomic E-state index is 12.8. The van der Waals surface area contributed by atoms with Crippen LogP contribution in [0.25, 0.3) is 11.4 Å². The lowest BCUT2D eigenvalue weighted by atomic mass is 10.1. The number of rotatable bonds is 2. The lowest BCUT2D eigenvalue weighted by Crippen LogP contribution is -2.39. The second-order valence-electron chi connectivity index (χ2n) is 6.93. The summed E-state index contributed by atoms with van der Waals surface area (Å²) < 4.78 is 42.0. The van der Waals surface area contributed by atoms with Crippen molar-refractivity contribution in [3.63, 3.8) is 0 Å². The zero-order chi connectivity index (χ0) is 19.0. The van der Waals surface area contributed by atoms with E-state index in [9.17, 15) is 18.0 Å². The highest BCUT2D eigenvalue weighted by molar-refractivity contribution is 5.94. The Morgan fingerprint density at radius 3 is 2.56 bits per heavy atom. The number of fused-ring (bicyclic) bond motifs is 1. The zero-order valence-corrected chi connectivity index (χ0v) is 14.6. The lowest BCUT2D eigenvalue weighted by molar-refractivity contribution is -0.159. The highest BCUT2D eigenvalue weighted by Crippen LogP contribution is 2.29. The van der Waals surface area contributed by atoms with Gasteiger partial charge < -0.3 is 9.42 Å². The van der Waals surface area contributed by atoms with Crippen LogP contribution in [-0.2, 0) is 6.18 Å². The molecule has 1 amide bonds. The topological polar surface area (TPSA) is 62.5 Å². The average molecular weight is 380 g/mol. The number of carbonyl (C=O) groups is 1. The molecule has 0 aliphatic carbocycles. The van der Waals surface area contributed by atoms with E-state index in [1.54, 1.807) is 12.1 Å². The molecule has 4 rings (SSSR count). The van der Waals surface area contributed by atoms with Gasteiger partial charge in [0.25, 0.3) is 5.91 Å². The molecule has 9 heteroatoms. The van der Waals surface area contributed by atoms with Crippen LogP contribution in [0, 0.1) is 0 Å². The van der Waals surface area contributed by atoms with Crippen LogP contribution in [0.1, 0.15) is 35.5 Å². The molecule has 1 aromatic carbocycles. The molecule has 2 aromatic rings. The first-order valence-corrected chi connectivity index (χ1v) is 8.96. The first kappa shape index (κ1) is 18.0. The predicted molar refractivity (Wildman–Crippen MR) is 89.9 cm³/mol. The molecule has 0 bridgehead atoms. The van der Waals surface area contributed by atoms with Crippen LogP contribution >= 0.6 is 0 Å². The molecule has 144 valence electrons. The number of aromatic nitrogens is 2. The fraction of sp³-hybridized carbons (Fsp3) is 0.500. The molecule has 1 aromatic heterocycles. The Hall–Kier alpha value is -2.42. The summed E-state index contributed by atoms with van der Waals surface area (Å²) in [4.78, 5) is 20.5.